The van der Waals surface area contributed by atoms with Crippen LogP contribution in [0, 0.1) is 0 Å². The maximum absolute atomic E-state index is 13.2. The summed E-state index contributed by atoms with van der Waals surface area (Å²) in [5.74, 6) is 0.122. The number of hydrogen-bond donors (Lipinski definition) is 0. The molecule has 0 saturated carbocycles. The quantitative estimate of drug-likeness (QED) is 0.650. The van der Waals surface area contributed by atoms with Gasteiger partial charge in [0.05, 0.1) is 17.9 Å². The van der Waals surface area contributed by atoms with Gasteiger partial charge in [0, 0.05) is 36.7 Å². The van der Waals surface area contributed by atoms with Gasteiger partial charge in [-0.15, -0.1) is 0 Å². The van der Waals surface area contributed by atoms with Crippen molar-refractivity contribution in [3.63, 3.8) is 0 Å². The van der Waals surface area contributed by atoms with Crippen molar-refractivity contribution >= 4 is 33.6 Å². The number of hydrogen-bond acceptors (Lipinski definition) is 6. The first-order valence-corrected chi connectivity index (χ1v) is 10.8. The van der Waals surface area contributed by atoms with Crippen molar-refractivity contribution in [2.24, 2.45) is 0 Å². The average molecular weight is 399 g/mol. The fourth-order valence-electron chi connectivity index (χ4n) is 3.48. The number of carbonyl (C=O) groups excluding carboxylic acids is 1. The third-order valence-corrected chi connectivity index (χ3v) is 6.59. The molecule has 0 spiro atoms. The molecule has 0 radical (unpaired) electrons. The highest BCUT2D eigenvalue weighted by Gasteiger charge is 2.40. The van der Waals surface area contributed by atoms with Crippen molar-refractivity contribution in [3.8, 4) is 10.6 Å². The molecule has 0 aliphatic carbocycles. The first-order valence-electron chi connectivity index (χ1n) is 9.00. The van der Waals surface area contributed by atoms with Crippen molar-refractivity contribution in [3.05, 3.63) is 52.6 Å². The van der Waals surface area contributed by atoms with Crippen LogP contribution in [-0.2, 0) is 17.8 Å². The van der Waals surface area contributed by atoms with E-state index in [4.69, 9.17) is 4.98 Å². The molecule has 0 aromatic carbocycles. The Balaban J connectivity index is 1.55. The summed E-state index contributed by atoms with van der Waals surface area (Å²) in [6.45, 7) is 4.79. The number of thiazole rings is 1. The van der Waals surface area contributed by atoms with E-state index in [1.165, 1.54) is 5.56 Å². The highest BCUT2D eigenvalue weighted by Crippen LogP contribution is 2.42. The minimum Gasteiger partial charge on any atom is -0.347 e. The lowest BCUT2D eigenvalue weighted by Gasteiger charge is -2.32. The zero-order valence-corrected chi connectivity index (χ0v) is 17.3. The van der Waals surface area contributed by atoms with E-state index < -0.39 is 0 Å². The van der Waals surface area contributed by atoms with Gasteiger partial charge >= 0.3 is 0 Å². The standard InChI is InChI=1S/C20H22N4OS2/c1-13(2)24-17(19(25)23(3)11-15-6-4-5-8-21-15)10-16-20(24)27-18(22-16)14-7-9-26-12-14/h4-9,12-13,17H,10-11H2,1-3H3. The van der Waals surface area contributed by atoms with E-state index in [0.29, 0.717) is 13.0 Å². The number of carbonyl (C=O) groups is 1. The molecule has 0 bridgehead atoms. The van der Waals surface area contributed by atoms with Gasteiger partial charge in [-0.2, -0.15) is 11.3 Å². The van der Waals surface area contributed by atoms with E-state index in [9.17, 15) is 4.79 Å². The summed E-state index contributed by atoms with van der Waals surface area (Å²) in [5, 5.41) is 6.37. The summed E-state index contributed by atoms with van der Waals surface area (Å²) in [6.07, 6.45) is 2.43. The number of likely N-dealkylation sites (N-methyl/N-ethyl adjacent to an activating group) is 1. The van der Waals surface area contributed by atoms with E-state index in [1.807, 2.05) is 25.2 Å². The molecule has 3 aromatic rings. The number of thiophene rings is 1. The van der Waals surface area contributed by atoms with Crippen molar-refractivity contribution in [2.75, 3.05) is 11.9 Å². The minimum atomic E-state index is -0.191. The first-order chi connectivity index (χ1) is 13.0. The average Bonchev–Trinajstić information content (AvgIpc) is 3.36. The van der Waals surface area contributed by atoms with Gasteiger partial charge in [0.25, 0.3) is 0 Å². The fourth-order valence-corrected chi connectivity index (χ4v) is 5.47. The molecular formula is C20H22N4OS2. The lowest BCUT2D eigenvalue weighted by molar-refractivity contribution is -0.131. The normalized spacial score (nSPS) is 16.0. The molecule has 4 heterocycles. The van der Waals surface area contributed by atoms with E-state index in [1.54, 1.807) is 33.8 Å². The van der Waals surface area contributed by atoms with Crippen LogP contribution in [-0.4, -0.2) is 39.9 Å². The van der Waals surface area contributed by atoms with Crippen LogP contribution in [0.1, 0.15) is 25.2 Å². The second-order valence-corrected chi connectivity index (χ2v) is 8.78. The summed E-state index contributed by atoms with van der Waals surface area (Å²) in [6, 6.07) is 7.93. The van der Waals surface area contributed by atoms with Gasteiger partial charge in [-0.1, -0.05) is 17.4 Å². The predicted octanol–water partition coefficient (Wildman–Crippen LogP) is 4.06. The zero-order chi connectivity index (χ0) is 19.0. The van der Waals surface area contributed by atoms with Gasteiger partial charge in [0.1, 0.15) is 16.1 Å². The van der Waals surface area contributed by atoms with Crippen molar-refractivity contribution in [2.45, 2.75) is 38.9 Å². The summed E-state index contributed by atoms with van der Waals surface area (Å²) < 4.78 is 0. The smallest absolute Gasteiger partial charge is 0.245 e. The monoisotopic (exact) mass is 398 g/mol. The third-order valence-electron chi connectivity index (χ3n) is 4.74. The number of rotatable bonds is 5. The van der Waals surface area contributed by atoms with Crippen LogP contribution < -0.4 is 4.90 Å². The van der Waals surface area contributed by atoms with E-state index >= 15 is 0 Å². The Kier molecular flexibility index (Phi) is 4.97. The number of amides is 1. The molecule has 7 heteroatoms. The Morgan fingerprint density at radius 2 is 2.22 bits per heavy atom. The van der Waals surface area contributed by atoms with Gasteiger partial charge < -0.3 is 9.80 Å². The van der Waals surface area contributed by atoms with Crippen LogP contribution in [0.25, 0.3) is 10.6 Å². The summed E-state index contributed by atoms with van der Waals surface area (Å²) in [5.41, 5.74) is 3.10. The molecule has 27 heavy (non-hydrogen) atoms. The van der Waals surface area contributed by atoms with Crippen LogP contribution in [0.15, 0.2) is 41.2 Å². The van der Waals surface area contributed by atoms with Crippen LogP contribution >= 0.6 is 22.7 Å². The van der Waals surface area contributed by atoms with E-state index in [0.717, 1.165) is 21.4 Å². The van der Waals surface area contributed by atoms with Gasteiger partial charge in [-0.25, -0.2) is 4.98 Å². The maximum atomic E-state index is 13.2. The summed E-state index contributed by atoms with van der Waals surface area (Å²) >= 11 is 3.37. The van der Waals surface area contributed by atoms with Crippen molar-refractivity contribution < 1.29 is 4.79 Å². The highest BCUT2D eigenvalue weighted by molar-refractivity contribution is 7.19. The number of pyridine rings is 1. The summed E-state index contributed by atoms with van der Waals surface area (Å²) in [4.78, 5) is 26.4. The molecule has 0 saturated heterocycles. The second kappa shape index (κ2) is 7.40. The molecule has 1 aliphatic rings. The molecule has 1 atom stereocenters. The Bertz CT molecular complexity index is 921. The third kappa shape index (κ3) is 3.49. The molecule has 0 N–H and O–H groups in total. The van der Waals surface area contributed by atoms with Gasteiger partial charge in [0.2, 0.25) is 5.91 Å². The fraction of sp³-hybridized carbons (Fsp3) is 0.350. The molecule has 1 amide bonds. The van der Waals surface area contributed by atoms with Crippen LogP contribution in [0.3, 0.4) is 0 Å². The molecule has 140 valence electrons. The SMILES string of the molecule is CC(C)N1c2sc(-c3ccsc3)nc2CC1C(=O)N(C)Cc1ccccn1. The molecule has 1 aliphatic heterocycles. The van der Waals surface area contributed by atoms with Crippen LogP contribution in [0.5, 0.6) is 0 Å². The molecule has 5 nitrogen and oxygen atoms in total. The van der Waals surface area contributed by atoms with Gasteiger partial charge in [0.15, 0.2) is 0 Å². The maximum Gasteiger partial charge on any atom is 0.245 e. The number of nitrogens with zero attached hydrogens (tertiary/aromatic N) is 4. The second-order valence-electron chi connectivity index (χ2n) is 7.02. The Morgan fingerprint density at radius 1 is 1.37 bits per heavy atom. The first kappa shape index (κ1) is 18.1. The number of fused-ring (bicyclic) bond motifs is 1. The summed E-state index contributed by atoms with van der Waals surface area (Å²) in [7, 11) is 1.85. The molecule has 0 fully saturated rings. The lowest BCUT2D eigenvalue weighted by atomic mass is 10.1. The molecular weight excluding hydrogens is 376 g/mol. The Labute approximate surface area is 167 Å². The predicted molar refractivity (Wildman–Crippen MR) is 111 cm³/mol. The Hall–Kier alpha value is -2.25. The minimum absolute atomic E-state index is 0.122. The van der Waals surface area contributed by atoms with Crippen LogP contribution in [0.2, 0.25) is 0 Å². The van der Waals surface area contributed by atoms with E-state index in [2.05, 4.69) is 40.6 Å². The van der Waals surface area contributed by atoms with Gasteiger partial charge in [-0.3, -0.25) is 9.78 Å². The number of anilines is 1. The van der Waals surface area contributed by atoms with Crippen molar-refractivity contribution in [1.29, 1.82) is 0 Å². The molecule has 1 unspecified atom stereocenters. The van der Waals surface area contributed by atoms with E-state index in [-0.39, 0.29) is 18.0 Å². The van der Waals surface area contributed by atoms with Crippen molar-refractivity contribution in [1.82, 2.24) is 14.9 Å². The molecule has 3 aromatic heterocycles. The topological polar surface area (TPSA) is 49.3 Å². The largest absolute Gasteiger partial charge is 0.347 e. The highest BCUT2D eigenvalue weighted by atomic mass is 32.1. The zero-order valence-electron chi connectivity index (χ0n) is 15.6. The number of aromatic nitrogens is 2. The molecule has 4 rings (SSSR count). The van der Waals surface area contributed by atoms with Gasteiger partial charge in [-0.05, 0) is 37.4 Å². The lowest BCUT2D eigenvalue weighted by Crippen LogP contribution is -2.48. The van der Waals surface area contributed by atoms with Crippen LogP contribution in [0.4, 0.5) is 5.00 Å². The Morgan fingerprint density at radius 3 is 2.89 bits per heavy atom.